The van der Waals surface area contributed by atoms with Crippen LogP contribution in [0.3, 0.4) is 0 Å². The molecule has 1 N–H and O–H groups in total. The van der Waals surface area contributed by atoms with Crippen LogP contribution in [0.5, 0.6) is 0 Å². The molecule has 2 aliphatic rings. The van der Waals surface area contributed by atoms with Crippen LogP contribution in [-0.2, 0) is 16.0 Å². The van der Waals surface area contributed by atoms with Crippen LogP contribution in [0, 0.1) is 11.8 Å². The zero-order valence-corrected chi connectivity index (χ0v) is 21.7. The fraction of sp³-hybridized carbons (Fsp3) is 0.600. The second kappa shape index (κ2) is 12.4. The molecule has 0 bridgehead atoms. The first-order chi connectivity index (χ1) is 16.2. The lowest BCUT2D eigenvalue weighted by molar-refractivity contribution is -0.136. The second-order valence-corrected chi connectivity index (χ2v) is 11.2. The zero-order valence-electron chi connectivity index (χ0n) is 21.7. The van der Waals surface area contributed by atoms with Crippen molar-refractivity contribution in [2.75, 3.05) is 13.1 Å². The van der Waals surface area contributed by atoms with Crippen LogP contribution in [0.15, 0.2) is 53.6 Å². The number of benzene rings is 1. The minimum absolute atomic E-state index is 0.0558. The number of nitrogens with zero attached hydrogens (tertiary/aromatic N) is 1. The van der Waals surface area contributed by atoms with Crippen molar-refractivity contribution < 1.29 is 9.59 Å². The Bertz CT molecular complexity index is 871. The van der Waals surface area contributed by atoms with E-state index >= 15 is 0 Å². The van der Waals surface area contributed by atoms with Crippen LogP contribution in [0.4, 0.5) is 0 Å². The van der Waals surface area contributed by atoms with Gasteiger partial charge in [-0.15, -0.1) is 0 Å². The van der Waals surface area contributed by atoms with Gasteiger partial charge in [0.15, 0.2) is 0 Å². The van der Waals surface area contributed by atoms with Crippen molar-refractivity contribution in [2.45, 2.75) is 91.0 Å². The first-order valence-electron chi connectivity index (χ1n) is 13.2. The molecule has 2 amide bonds. The number of carbonyl (C=O) groups excluding carboxylic acids is 2. The Morgan fingerprint density at radius 3 is 2.41 bits per heavy atom. The third kappa shape index (κ3) is 8.14. The van der Waals surface area contributed by atoms with Gasteiger partial charge >= 0.3 is 0 Å². The Hall–Kier alpha value is -2.36. The van der Waals surface area contributed by atoms with Crippen molar-refractivity contribution in [3.8, 4) is 0 Å². The normalized spacial score (nSPS) is 22.1. The van der Waals surface area contributed by atoms with Crippen molar-refractivity contribution in [3.63, 3.8) is 0 Å². The van der Waals surface area contributed by atoms with Crippen molar-refractivity contribution >= 4 is 11.8 Å². The fourth-order valence-electron chi connectivity index (χ4n) is 5.28. The lowest BCUT2D eigenvalue weighted by Gasteiger charge is -2.32. The van der Waals surface area contributed by atoms with Gasteiger partial charge in [-0.05, 0) is 97.0 Å². The summed E-state index contributed by atoms with van der Waals surface area (Å²) >= 11 is 0. The Morgan fingerprint density at radius 1 is 1.06 bits per heavy atom. The summed E-state index contributed by atoms with van der Waals surface area (Å²) in [6.45, 7) is 9.70. The van der Waals surface area contributed by atoms with Crippen LogP contribution in [-0.4, -0.2) is 35.3 Å². The second-order valence-electron chi connectivity index (χ2n) is 11.2. The molecule has 0 radical (unpaired) electrons. The number of hydrogen-bond donors (Lipinski definition) is 1. The van der Waals surface area contributed by atoms with E-state index in [9.17, 15) is 9.59 Å². The molecule has 4 nitrogen and oxygen atoms in total. The van der Waals surface area contributed by atoms with Crippen molar-refractivity contribution in [3.05, 3.63) is 59.2 Å². The Kier molecular flexibility index (Phi) is 9.55. The summed E-state index contributed by atoms with van der Waals surface area (Å²) < 4.78 is 0. The molecule has 1 aliphatic heterocycles. The lowest BCUT2D eigenvalue weighted by atomic mass is 9.79. The van der Waals surface area contributed by atoms with Crippen LogP contribution in [0.25, 0.3) is 0 Å². The molecule has 1 heterocycles. The molecular formula is C30H44N2O2. The molecule has 0 spiro atoms. The smallest absolute Gasteiger partial charge is 0.247 e. The summed E-state index contributed by atoms with van der Waals surface area (Å²) in [5, 5.41) is 3.08. The quantitative estimate of drug-likeness (QED) is 0.384. The molecule has 0 aromatic heterocycles. The summed E-state index contributed by atoms with van der Waals surface area (Å²) in [7, 11) is 0. The largest absolute Gasteiger partial charge is 0.348 e. The minimum atomic E-state index is -0.213. The maximum atomic E-state index is 13.3. The zero-order chi connectivity index (χ0) is 24.6. The SMILES string of the molecule is C/C=C(/CCC1CCC(C(=O)N2CCC=C(Cc3ccccc3)CC2)CC1)C(=O)NC(C)(C)C. The van der Waals surface area contributed by atoms with E-state index in [0.717, 1.165) is 76.5 Å². The van der Waals surface area contributed by atoms with E-state index in [1.807, 2.05) is 33.8 Å². The van der Waals surface area contributed by atoms with Gasteiger partial charge < -0.3 is 10.2 Å². The summed E-state index contributed by atoms with van der Waals surface area (Å²) in [5.41, 5.74) is 3.48. The number of rotatable bonds is 7. The molecule has 3 rings (SSSR count). The third-order valence-electron chi connectivity index (χ3n) is 7.27. The molecule has 186 valence electrons. The Morgan fingerprint density at radius 2 is 1.76 bits per heavy atom. The lowest BCUT2D eigenvalue weighted by Crippen LogP contribution is -2.41. The molecule has 0 unspecified atom stereocenters. The topological polar surface area (TPSA) is 49.4 Å². The van der Waals surface area contributed by atoms with E-state index in [0.29, 0.717) is 11.8 Å². The number of allylic oxidation sites excluding steroid dienone is 1. The number of carbonyl (C=O) groups is 2. The average Bonchev–Trinajstić information content (AvgIpc) is 3.04. The van der Waals surface area contributed by atoms with Crippen molar-refractivity contribution in [2.24, 2.45) is 11.8 Å². The Labute approximate surface area is 206 Å². The molecule has 0 atom stereocenters. The molecule has 4 heteroatoms. The van der Waals surface area contributed by atoms with Crippen molar-refractivity contribution in [1.29, 1.82) is 0 Å². The first-order valence-corrected chi connectivity index (χ1v) is 13.2. The highest BCUT2D eigenvalue weighted by atomic mass is 16.2. The van der Waals surface area contributed by atoms with Gasteiger partial charge in [0.2, 0.25) is 11.8 Å². The first kappa shape index (κ1) is 26.2. The van der Waals surface area contributed by atoms with E-state index in [4.69, 9.17) is 0 Å². The highest BCUT2D eigenvalue weighted by Gasteiger charge is 2.30. The number of hydrogen-bond acceptors (Lipinski definition) is 2. The molecule has 1 fully saturated rings. The highest BCUT2D eigenvalue weighted by molar-refractivity contribution is 5.93. The van der Waals surface area contributed by atoms with Gasteiger partial charge in [-0.2, -0.15) is 0 Å². The molecule has 1 saturated carbocycles. The van der Waals surface area contributed by atoms with Gasteiger partial charge in [-0.25, -0.2) is 0 Å². The molecule has 1 aliphatic carbocycles. The summed E-state index contributed by atoms with van der Waals surface area (Å²) in [6, 6.07) is 10.6. The maximum Gasteiger partial charge on any atom is 0.247 e. The van der Waals surface area contributed by atoms with E-state index in [1.165, 1.54) is 11.1 Å². The summed E-state index contributed by atoms with van der Waals surface area (Å²) in [4.78, 5) is 27.9. The average molecular weight is 465 g/mol. The molecule has 1 aromatic rings. The van der Waals surface area contributed by atoms with Crippen molar-refractivity contribution in [1.82, 2.24) is 10.2 Å². The van der Waals surface area contributed by atoms with Gasteiger partial charge in [0, 0.05) is 30.1 Å². The van der Waals surface area contributed by atoms with E-state index in [2.05, 4.69) is 46.6 Å². The number of amides is 2. The monoisotopic (exact) mass is 464 g/mol. The van der Waals surface area contributed by atoms with Gasteiger partial charge in [-0.1, -0.05) is 48.1 Å². The number of nitrogens with one attached hydrogen (secondary N) is 1. The minimum Gasteiger partial charge on any atom is -0.348 e. The van der Waals surface area contributed by atoms with Gasteiger partial charge in [0.05, 0.1) is 0 Å². The highest BCUT2D eigenvalue weighted by Crippen LogP contribution is 2.34. The van der Waals surface area contributed by atoms with E-state index in [-0.39, 0.29) is 17.4 Å². The van der Waals surface area contributed by atoms with Gasteiger partial charge in [-0.3, -0.25) is 9.59 Å². The van der Waals surface area contributed by atoms with E-state index < -0.39 is 0 Å². The van der Waals surface area contributed by atoms with Crippen LogP contribution < -0.4 is 5.32 Å². The van der Waals surface area contributed by atoms with Crippen LogP contribution >= 0.6 is 0 Å². The Balaban J connectivity index is 1.41. The van der Waals surface area contributed by atoms with Gasteiger partial charge in [0.25, 0.3) is 0 Å². The fourth-order valence-corrected chi connectivity index (χ4v) is 5.28. The summed E-state index contributed by atoms with van der Waals surface area (Å²) in [5.74, 6) is 1.22. The molecule has 34 heavy (non-hydrogen) atoms. The standard InChI is InChI=1S/C30H44N2O2/c1-5-26(28(33)31-30(2,3)4)16-13-23-14-17-27(18-15-23)29(34)32-20-9-12-25(19-21-32)22-24-10-7-6-8-11-24/h5-8,10-12,23,27H,9,13-22H2,1-4H3,(H,31,33)/b26-5-. The van der Waals surface area contributed by atoms with E-state index in [1.54, 1.807) is 0 Å². The van der Waals surface area contributed by atoms with Crippen LogP contribution in [0.1, 0.15) is 84.6 Å². The van der Waals surface area contributed by atoms with Gasteiger partial charge in [0.1, 0.15) is 0 Å². The maximum absolute atomic E-state index is 13.3. The molecular weight excluding hydrogens is 420 g/mol. The predicted molar refractivity (Wildman–Crippen MR) is 140 cm³/mol. The predicted octanol–water partition coefficient (Wildman–Crippen LogP) is 6.23. The third-order valence-corrected chi connectivity index (χ3v) is 7.27. The molecule has 1 aromatic carbocycles. The summed E-state index contributed by atoms with van der Waals surface area (Å²) in [6.07, 6.45) is 13.3. The molecule has 0 saturated heterocycles. The van der Waals surface area contributed by atoms with Crippen LogP contribution in [0.2, 0.25) is 0 Å².